The topological polar surface area (TPSA) is 78.4 Å². The third-order valence-corrected chi connectivity index (χ3v) is 5.29. The lowest BCUT2D eigenvalue weighted by Gasteiger charge is -2.19. The monoisotopic (exact) mass is 442 g/mol. The SMILES string of the molecule is O=C(NCCO)c1cccc2c1CCN2c1cc(Cc2cncc(C(F)(F)F)c2)ccn1. The number of anilines is 2. The smallest absolute Gasteiger partial charge is 0.395 e. The summed E-state index contributed by atoms with van der Waals surface area (Å²) in [6.45, 7) is 0.673. The van der Waals surface area contributed by atoms with E-state index in [2.05, 4.69) is 15.3 Å². The highest BCUT2D eigenvalue weighted by molar-refractivity contribution is 5.98. The Bertz CT molecular complexity index is 1130. The van der Waals surface area contributed by atoms with Gasteiger partial charge in [-0.05, 0) is 59.9 Å². The minimum absolute atomic E-state index is 0.134. The molecule has 3 heterocycles. The first-order valence-electron chi connectivity index (χ1n) is 10.1. The van der Waals surface area contributed by atoms with Gasteiger partial charge in [-0.2, -0.15) is 13.2 Å². The highest BCUT2D eigenvalue weighted by Crippen LogP contribution is 2.36. The number of aliphatic hydroxyl groups is 1. The summed E-state index contributed by atoms with van der Waals surface area (Å²) >= 11 is 0. The predicted octanol–water partition coefficient (Wildman–Crippen LogP) is 3.50. The summed E-state index contributed by atoms with van der Waals surface area (Å²) in [5.41, 5.74) is 2.82. The van der Waals surface area contributed by atoms with E-state index in [0.717, 1.165) is 29.1 Å². The standard InChI is InChI=1S/C23H21F3N4O2/c24-23(25,26)17-11-16(13-27-14-17)10-15-4-6-28-21(12-15)30-8-5-18-19(2-1-3-20(18)30)22(32)29-7-9-31/h1-4,6,11-14,31H,5,7-10H2,(H,29,32). The molecule has 1 aliphatic heterocycles. The van der Waals surface area contributed by atoms with Crippen LogP contribution in [0.15, 0.2) is 55.0 Å². The number of fused-ring (bicyclic) bond motifs is 1. The Morgan fingerprint density at radius 3 is 2.78 bits per heavy atom. The first-order valence-corrected chi connectivity index (χ1v) is 10.1. The van der Waals surface area contributed by atoms with Crippen molar-refractivity contribution < 1.29 is 23.1 Å². The van der Waals surface area contributed by atoms with Crippen molar-refractivity contribution in [2.75, 3.05) is 24.6 Å². The van der Waals surface area contributed by atoms with Gasteiger partial charge in [0.25, 0.3) is 5.91 Å². The highest BCUT2D eigenvalue weighted by Gasteiger charge is 2.31. The number of aromatic nitrogens is 2. The van der Waals surface area contributed by atoms with E-state index in [1.807, 2.05) is 17.0 Å². The van der Waals surface area contributed by atoms with Gasteiger partial charge in [-0.3, -0.25) is 9.78 Å². The summed E-state index contributed by atoms with van der Waals surface area (Å²) in [5, 5.41) is 11.6. The fraction of sp³-hybridized carbons (Fsp3) is 0.261. The molecular formula is C23H21F3N4O2. The molecule has 1 amide bonds. The molecule has 0 aliphatic carbocycles. The lowest BCUT2D eigenvalue weighted by molar-refractivity contribution is -0.137. The third kappa shape index (κ3) is 4.57. The van der Waals surface area contributed by atoms with Gasteiger partial charge in [0.05, 0.1) is 12.2 Å². The van der Waals surface area contributed by atoms with Gasteiger partial charge < -0.3 is 15.3 Å². The number of benzene rings is 1. The van der Waals surface area contributed by atoms with Crippen molar-refractivity contribution in [1.29, 1.82) is 0 Å². The molecule has 4 rings (SSSR count). The molecule has 6 nitrogen and oxygen atoms in total. The average Bonchev–Trinajstić information content (AvgIpc) is 3.21. The predicted molar refractivity (Wildman–Crippen MR) is 113 cm³/mol. The van der Waals surface area contributed by atoms with Crippen LogP contribution in [0, 0.1) is 0 Å². The maximum absolute atomic E-state index is 13.0. The minimum atomic E-state index is -4.44. The number of nitrogens with zero attached hydrogens (tertiary/aromatic N) is 3. The summed E-state index contributed by atoms with van der Waals surface area (Å²) in [7, 11) is 0. The molecule has 32 heavy (non-hydrogen) atoms. The molecular weight excluding hydrogens is 421 g/mol. The van der Waals surface area contributed by atoms with Crippen LogP contribution in [0.4, 0.5) is 24.7 Å². The van der Waals surface area contributed by atoms with Gasteiger partial charge in [0.15, 0.2) is 0 Å². The third-order valence-electron chi connectivity index (χ3n) is 5.29. The number of carbonyl (C=O) groups excluding carboxylic acids is 1. The summed E-state index contributed by atoms with van der Waals surface area (Å²) < 4.78 is 38.9. The number of hydrogen-bond donors (Lipinski definition) is 2. The minimum Gasteiger partial charge on any atom is -0.395 e. The number of pyridine rings is 2. The molecule has 0 atom stereocenters. The maximum atomic E-state index is 13.0. The van der Waals surface area contributed by atoms with Gasteiger partial charge in [-0.1, -0.05) is 6.07 Å². The molecule has 0 saturated heterocycles. The van der Waals surface area contributed by atoms with Crippen LogP contribution in [0.1, 0.15) is 32.6 Å². The number of nitrogens with one attached hydrogen (secondary N) is 1. The zero-order valence-corrected chi connectivity index (χ0v) is 17.1. The van der Waals surface area contributed by atoms with E-state index in [1.54, 1.807) is 24.4 Å². The summed E-state index contributed by atoms with van der Waals surface area (Å²) in [6, 6.07) is 10.2. The van der Waals surface area contributed by atoms with E-state index in [-0.39, 0.29) is 25.5 Å². The molecule has 2 aromatic heterocycles. The molecule has 0 spiro atoms. The van der Waals surface area contributed by atoms with E-state index in [4.69, 9.17) is 5.11 Å². The quantitative estimate of drug-likeness (QED) is 0.611. The van der Waals surface area contributed by atoms with Gasteiger partial charge in [0, 0.05) is 42.9 Å². The molecule has 166 valence electrons. The summed E-state index contributed by atoms with van der Waals surface area (Å²) in [6.07, 6.45) is 0.376. The number of halogens is 3. The van der Waals surface area contributed by atoms with Crippen LogP contribution in [0.5, 0.6) is 0 Å². The Labute approximate surface area is 182 Å². The lowest BCUT2D eigenvalue weighted by atomic mass is 10.0. The number of amides is 1. The van der Waals surface area contributed by atoms with E-state index in [0.29, 0.717) is 29.9 Å². The number of hydrogen-bond acceptors (Lipinski definition) is 5. The number of aliphatic hydroxyl groups excluding tert-OH is 1. The lowest BCUT2D eigenvalue weighted by Crippen LogP contribution is -2.27. The molecule has 0 unspecified atom stereocenters. The zero-order chi connectivity index (χ0) is 22.7. The fourth-order valence-corrected chi connectivity index (χ4v) is 3.84. The van der Waals surface area contributed by atoms with Crippen LogP contribution in [-0.4, -0.2) is 40.7 Å². The summed E-state index contributed by atoms with van der Waals surface area (Å²) in [4.78, 5) is 22.6. The number of alkyl halides is 3. The Kier molecular flexibility index (Phi) is 6.09. The largest absolute Gasteiger partial charge is 0.417 e. The van der Waals surface area contributed by atoms with E-state index < -0.39 is 11.7 Å². The van der Waals surface area contributed by atoms with Crippen LogP contribution >= 0.6 is 0 Å². The van der Waals surface area contributed by atoms with Crippen molar-refractivity contribution in [2.24, 2.45) is 0 Å². The van der Waals surface area contributed by atoms with Gasteiger partial charge in [0.1, 0.15) is 5.82 Å². The van der Waals surface area contributed by atoms with E-state index in [1.165, 1.54) is 6.20 Å². The second-order valence-corrected chi connectivity index (χ2v) is 7.46. The molecule has 0 bridgehead atoms. The molecule has 2 N–H and O–H groups in total. The molecule has 1 aromatic carbocycles. The van der Waals surface area contributed by atoms with Crippen LogP contribution in [-0.2, 0) is 19.0 Å². The Balaban J connectivity index is 1.58. The summed E-state index contributed by atoms with van der Waals surface area (Å²) in [5.74, 6) is 0.422. The zero-order valence-electron chi connectivity index (χ0n) is 17.1. The Hall–Kier alpha value is -3.46. The average molecular weight is 442 g/mol. The Morgan fingerprint density at radius 1 is 1.16 bits per heavy atom. The first-order chi connectivity index (χ1) is 15.4. The van der Waals surface area contributed by atoms with Crippen molar-refractivity contribution >= 4 is 17.4 Å². The molecule has 0 saturated carbocycles. The van der Waals surface area contributed by atoms with E-state index in [9.17, 15) is 18.0 Å². The number of carbonyl (C=O) groups is 1. The van der Waals surface area contributed by atoms with Crippen LogP contribution in [0.2, 0.25) is 0 Å². The van der Waals surface area contributed by atoms with Crippen LogP contribution in [0.3, 0.4) is 0 Å². The number of rotatable bonds is 6. The van der Waals surface area contributed by atoms with Crippen molar-refractivity contribution in [3.05, 3.63) is 82.8 Å². The maximum Gasteiger partial charge on any atom is 0.417 e. The van der Waals surface area contributed by atoms with Crippen molar-refractivity contribution in [2.45, 2.75) is 19.0 Å². The van der Waals surface area contributed by atoms with E-state index >= 15 is 0 Å². The second-order valence-electron chi connectivity index (χ2n) is 7.46. The van der Waals surface area contributed by atoms with Gasteiger partial charge in [-0.25, -0.2) is 4.98 Å². The van der Waals surface area contributed by atoms with Crippen molar-refractivity contribution in [3.63, 3.8) is 0 Å². The van der Waals surface area contributed by atoms with Gasteiger partial charge in [0.2, 0.25) is 0 Å². The van der Waals surface area contributed by atoms with Crippen molar-refractivity contribution in [3.8, 4) is 0 Å². The van der Waals surface area contributed by atoms with Crippen molar-refractivity contribution in [1.82, 2.24) is 15.3 Å². The molecule has 1 aliphatic rings. The first kappa shape index (κ1) is 21.8. The van der Waals surface area contributed by atoms with Gasteiger partial charge >= 0.3 is 6.18 Å². The molecule has 0 fully saturated rings. The fourth-order valence-electron chi connectivity index (χ4n) is 3.84. The van der Waals surface area contributed by atoms with Crippen LogP contribution < -0.4 is 10.2 Å². The normalized spacial score (nSPS) is 13.2. The van der Waals surface area contributed by atoms with Gasteiger partial charge in [-0.15, -0.1) is 0 Å². The molecule has 0 radical (unpaired) electrons. The Morgan fingerprint density at radius 2 is 2.00 bits per heavy atom. The molecule has 9 heteroatoms. The van der Waals surface area contributed by atoms with Crippen LogP contribution in [0.25, 0.3) is 0 Å². The molecule has 3 aromatic rings. The highest BCUT2D eigenvalue weighted by atomic mass is 19.4. The second kappa shape index (κ2) is 8.96.